The molecule has 2 N–H and O–H groups in total. The highest BCUT2D eigenvalue weighted by atomic mass is 16.2. The second kappa shape index (κ2) is 7.96. The first-order chi connectivity index (χ1) is 12.0. The largest absolute Gasteiger partial charge is 0.363 e. The molecule has 0 aromatic carbocycles. The van der Waals surface area contributed by atoms with Crippen molar-refractivity contribution in [3.8, 4) is 0 Å². The lowest BCUT2D eigenvalue weighted by molar-refractivity contribution is 0.0987. The van der Waals surface area contributed by atoms with Crippen LogP contribution in [0.1, 0.15) is 50.1 Å². The van der Waals surface area contributed by atoms with Crippen LogP contribution in [0, 0.1) is 0 Å². The van der Waals surface area contributed by atoms with Crippen LogP contribution < -0.4 is 17.0 Å². The first-order valence-corrected chi connectivity index (χ1v) is 8.62. The third-order valence-electron chi connectivity index (χ3n) is 4.12. The number of amides is 1. The molecule has 8 nitrogen and oxygen atoms in total. The van der Waals surface area contributed by atoms with Crippen molar-refractivity contribution in [1.82, 2.24) is 18.7 Å². The van der Waals surface area contributed by atoms with Crippen molar-refractivity contribution in [3.05, 3.63) is 39.3 Å². The van der Waals surface area contributed by atoms with Crippen LogP contribution in [0.3, 0.4) is 0 Å². The summed E-state index contributed by atoms with van der Waals surface area (Å²) in [5.74, 6) is -0.781. The Morgan fingerprint density at radius 1 is 1.12 bits per heavy atom. The summed E-state index contributed by atoms with van der Waals surface area (Å²) in [5.41, 5.74) is 5.02. The molecule has 0 unspecified atom stereocenters. The van der Waals surface area contributed by atoms with Crippen molar-refractivity contribution in [2.45, 2.75) is 59.2 Å². The number of primary amides is 1. The van der Waals surface area contributed by atoms with E-state index in [9.17, 15) is 14.4 Å². The highest BCUT2D eigenvalue weighted by Gasteiger charge is 2.22. The smallest absolute Gasteiger partial charge is 0.332 e. The summed E-state index contributed by atoms with van der Waals surface area (Å²) in [5, 5.41) is 0. The zero-order valence-electron chi connectivity index (χ0n) is 14.8. The summed E-state index contributed by atoms with van der Waals surface area (Å²) >= 11 is 0. The fraction of sp³-hybridized carbons (Fsp3) is 0.529. The number of imidazole rings is 1. The maximum absolute atomic E-state index is 12.9. The molecule has 0 aliphatic rings. The fourth-order valence-electron chi connectivity index (χ4n) is 2.82. The molecule has 0 bridgehead atoms. The van der Waals surface area contributed by atoms with Crippen molar-refractivity contribution in [1.29, 1.82) is 0 Å². The minimum Gasteiger partial charge on any atom is -0.363 e. The molecule has 1 amide bonds. The minimum atomic E-state index is -0.743. The predicted molar refractivity (Wildman–Crippen MR) is 96.8 cm³/mol. The zero-order valence-corrected chi connectivity index (χ0v) is 14.8. The highest BCUT2D eigenvalue weighted by Crippen LogP contribution is 2.13. The molecule has 2 rings (SSSR count). The summed E-state index contributed by atoms with van der Waals surface area (Å²) in [7, 11) is 0. The number of carbonyl (C=O) groups excluding carboxylic acids is 1. The lowest BCUT2D eigenvalue weighted by Crippen LogP contribution is -2.40. The third-order valence-corrected chi connectivity index (χ3v) is 4.12. The summed E-state index contributed by atoms with van der Waals surface area (Å²) in [6, 6.07) is 0. The second-order valence-corrected chi connectivity index (χ2v) is 5.97. The van der Waals surface area contributed by atoms with Crippen LogP contribution in [0.15, 0.2) is 22.2 Å². The monoisotopic (exact) mass is 347 g/mol. The van der Waals surface area contributed by atoms with Crippen molar-refractivity contribution in [2.24, 2.45) is 5.73 Å². The Morgan fingerprint density at radius 2 is 1.72 bits per heavy atom. The van der Waals surface area contributed by atoms with Crippen molar-refractivity contribution in [2.75, 3.05) is 0 Å². The molecular weight excluding hydrogens is 322 g/mol. The number of hydrogen-bond acceptors (Lipinski definition) is 4. The van der Waals surface area contributed by atoms with Crippen LogP contribution in [-0.4, -0.2) is 24.6 Å². The topological polar surface area (TPSA) is 105 Å². The van der Waals surface area contributed by atoms with Gasteiger partial charge in [0, 0.05) is 19.6 Å². The van der Waals surface area contributed by atoms with Gasteiger partial charge in [0.25, 0.3) is 11.5 Å². The predicted octanol–water partition coefficient (Wildman–Crippen LogP) is 1.24. The average molecular weight is 347 g/mol. The molecule has 0 radical (unpaired) electrons. The fourth-order valence-corrected chi connectivity index (χ4v) is 2.82. The van der Waals surface area contributed by atoms with Crippen LogP contribution in [-0.2, 0) is 19.6 Å². The molecule has 25 heavy (non-hydrogen) atoms. The van der Waals surface area contributed by atoms with Gasteiger partial charge in [-0.25, -0.2) is 9.78 Å². The van der Waals surface area contributed by atoms with Gasteiger partial charge in [-0.3, -0.25) is 18.7 Å². The Labute approximate surface area is 145 Å². The highest BCUT2D eigenvalue weighted by molar-refractivity contribution is 5.92. The van der Waals surface area contributed by atoms with Crippen LogP contribution in [0.25, 0.3) is 11.2 Å². The number of aryl methyl sites for hydroxylation is 1. The van der Waals surface area contributed by atoms with E-state index >= 15 is 0 Å². The molecular formula is C17H25N5O3. The van der Waals surface area contributed by atoms with E-state index in [1.807, 2.05) is 13.8 Å². The summed E-state index contributed by atoms with van der Waals surface area (Å²) in [4.78, 5) is 41.7. The third kappa shape index (κ3) is 3.42. The van der Waals surface area contributed by atoms with Gasteiger partial charge in [-0.15, -0.1) is 6.58 Å². The van der Waals surface area contributed by atoms with E-state index < -0.39 is 17.2 Å². The Hall–Kier alpha value is -2.64. The Morgan fingerprint density at radius 3 is 2.24 bits per heavy atom. The lowest BCUT2D eigenvalue weighted by Gasteiger charge is -2.11. The number of carbonyl (C=O) groups is 1. The SMILES string of the molecule is C=CCn1c(C(N)=O)nc2c1c(=O)n(CCCC)c(=O)n2CCCC. The summed E-state index contributed by atoms with van der Waals surface area (Å²) < 4.78 is 4.15. The van der Waals surface area contributed by atoms with Gasteiger partial charge in [-0.2, -0.15) is 0 Å². The van der Waals surface area contributed by atoms with E-state index in [4.69, 9.17) is 5.73 Å². The van der Waals surface area contributed by atoms with E-state index in [2.05, 4.69) is 11.6 Å². The average Bonchev–Trinajstić information content (AvgIpc) is 2.95. The first-order valence-electron chi connectivity index (χ1n) is 8.62. The normalized spacial score (nSPS) is 11.1. The van der Waals surface area contributed by atoms with E-state index in [0.717, 1.165) is 19.3 Å². The first kappa shape index (κ1) is 18.7. The molecule has 0 spiro atoms. The minimum absolute atomic E-state index is 0.0371. The number of fused-ring (bicyclic) bond motifs is 1. The van der Waals surface area contributed by atoms with E-state index in [1.165, 1.54) is 13.7 Å². The quantitative estimate of drug-likeness (QED) is 0.689. The maximum atomic E-state index is 12.9. The number of hydrogen-bond donors (Lipinski definition) is 1. The number of allylic oxidation sites excluding steroid dienone is 1. The molecule has 2 heterocycles. The van der Waals surface area contributed by atoms with Crippen molar-refractivity contribution < 1.29 is 4.79 Å². The van der Waals surface area contributed by atoms with Gasteiger partial charge in [-0.1, -0.05) is 32.8 Å². The molecule has 8 heteroatoms. The van der Waals surface area contributed by atoms with Gasteiger partial charge in [0.15, 0.2) is 11.2 Å². The number of nitrogens with zero attached hydrogens (tertiary/aromatic N) is 4. The van der Waals surface area contributed by atoms with Gasteiger partial charge in [0.2, 0.25) is 5.82 Å². The molecule has 2 aromatic heterocycles. The lowest BCUT2D eigenvalue weighted by atomic mass is 10.3. The molecule has 0 saturated heterocycles. The number of aromatic nitrogens is 4. The van der Waals surface area contributed by atoms with Crippen LogP contribution in [0.2, 0.25) is 0 Å². The molecule has 0 aliphatic heterocycles. The van der Waals surface area contributed by atoms with Crippen molar-refractivity contribution in [3.63, 3.8) is 0 Å². The Balaban J connectivity index is 2.89. The molecule has 0 fully saturated rings. The van der Waals surface area contributed by atoms with Crippen LogP contribution >= 0.6 is 0 Å². The zero-order chi connectivity index (χ0) is 18.6. The summed E-state index contributed by atoms with van der Waals surface area (Å²) in [6.45, 7) is 8.64. The van der Waals surface area contributed by atoms with Crippen LogP contribution in [0.4, 0.5) is 0 Å². The van der Waals surface area contributed by atoms with Gasteiger partial charge in [-0.05, 0) is 12.8 Å². The molecule has 2 aromatic rings. The standard InChI is InChI=1S/C17H25N5O3/c1-4-7-10-21-14-12(16(24)22(17(21)25)11-8-5-2)20(9-6-3)15(19-14)13(18)23/h6H,3-5,7-11H2,1-2H3,(H2,18,23). The van der Waals surface area contributed by atoms with Gasteiger partial charge in [0.05, 0.1) is 0 Å². The van der Waals surface area contributed by atoms with Crippen LogP contribution in [0.5, 0.6) is 0 Å². The van der Waals surface area contributed by atoms with E-state index in [0.29, 0.717) is 19.5 Å². The number of rotatable bonds is 9. The van der Waals surface area contributed by atoms with Gasteiger partial charge in [0.1, 0.15) is 0 Å². The Bertz CT molecular complexity index is 904. The number of nitrogens with two attached hydrogens (primary N) is 1. The van der Waals surface area contributed by atoms with Crippen molar-refractivity contribution >= 4 is 17.1 Å². The van der Waals surface area contributed by atoms with E-state index in [-0.39, 0.29) is 23.5 Å². The van der Waals surface area contributed by atoms with Gasteiger partial charge >= 0.3 is 5.69 Å². The molecule has 136 valence electrons. The maximum Gasteiger partial charge on any atom is 0.332 e. The summed E-state index contributed by atoms with van der Waals surface area (Å²) in [6.07, 6.45) is 4.79. The second-order valence-electron chi connectivity index (χ2n) is 5.97. The van der Waals surface area contributed by atoms with Gasteiger partial charge < -0.3 is 10.3 Å². The van der Waals surface area contributed by atoms with E-state index in [1.54, 1.807) is 6.08 Å². The number of unbranched alkanes of at least 4 members (excludes halogenated alkanes) is 2. The molecule has 0 atom stereocenters. The molecule has 0 saturated carbocycles. The Kier molecular flexibility index (Phi) is 5.95. The molecule has 0 aliphatic carbocycles.